The number of anilines is 1. The highest BCUT2D eigenvalue weighted by Crippen LogP contribution is 2.19. The number of para-hydroxylation sites is 1. The van der Waals surface area contributed by atoms with Gasteiger partial charge in [0.2, 0.25) is 5.91 Å². The Morgan fingerprint density at radius 1 is 0.929 bits per heavy atom. The number of hydrogen-bond acceptors (Lipinski definition) is 5. The summed E-state index contributed by atoms with van der Waals surface area (Å²) in [7, 11) is 1.56. The minimum Gasteiger partial charge on any atom is -0.497 e. The Morgan fingerprint density at radius 2 is 1.57 bits per heavy atom. The minimum atomic E-state index is -0.542. The van der Waals surface area contributed by atoms with Crippen LogP contribution in [0.2, 0.25) is 0 Å². The highest BCUT2D eigenvalue weighted by Gasteiger charge is 2.11. The lowest BCUT2D eigenvalue weighted by Gasteiger charge is -2.12. The second-order valence-corrected chi connectivity index (χ2v) is 6.28. The van der Waals surface area contributed by atoms with E-state index in [0.29, 0.717) is 5.75 Å². The van der Waals surface area contributed by atoms with Crippen LogP contribution >= 0.6 is 0 Å². The summed E-state index contributed by atoms with van der Waals surface area (Å²) in [5.41, 5.74) is 3.35. The fourth-order valence-electron chi connectivity index (χ4n) is 2.53. The molecule has 7 heteroatoms. The van der Waals surface area contributed by atoms with E-state index in [-0.39, 0.29) is 18.9 Å². The van der Waals surface area contributed by atoms with Gasteiger partial charge in [-0.1, -0.05) is 30.3 Å². The van der Waals surface area contributed by atoms with Crippen molar-refractivity contribution in [3.05, 3.63) is 59.2 Å². The zero-order chi connectivity index (χ0) is 20.5. The fourth-order valence-corrected chi connectivity index (χ4v) is 2.53. The van der Waals surface area contributed by atoms with Gasteiger partial charge >= 0.3 is 5.97 Å². The molecule has 2 amide bonds. The summed E-state index contributed by atoms with van der Waals surface area (Å²) in [5.74, 6) is -0.731. The summed E-state index contributed by atoms with van der Waals surface area (Å²) in [6.07, 6.45) is 0.0460. The molecule has 2 N–H and O–H groups in total. The Hall–Kier alpha value is -3.35. The molecule has 0 aliphatic carbocycles. The third-order valence-corrected chi connectivity index (χ3v) is 4.06. The van der Waals surface area contributed by atoms with Gasteiger partial charge in [0, 0.05) is 5.69 Å². The monoisotopic (exact) mass is 384 g/mol. The summed E-state index contributed by atoms with van der Waals surface area (Å²) in [5, 5.41) is 5.20. The molecule has 0 saturated carbocycles. The summed E-state index contributed by atoms with van der Waals surface area (Å²) in [6, 6.07) is 12.7. The number of rotatable bonds is 8. The first-order valence-corrected chi connectivity index (χ1v) is 8.80. The van der Waals surface area contributed by atoms with Crippen molar-refractivity contribution >= 4 is 23.5 Å². The van der Waals surface area contributed by atoms with Gasteiger partial charge < -0.3 is 20.1 Å². The van der Waals surface area contributed by atoms with Gasteiger partial charge in [0.05, 0.1) is 20.1 Å². The Labute approximate surface area is 164 Å². The van der Waals surface area contributed by atoms with E-state index in [2.05, 4.69) is 10.6 Å². The van der Waals surface area contributed by atoms with Crippen LogP contribution in [0, 0.1) is 13.8 Å². The summed E-state index contributed by atoms with van der Waals surface area (Å²) in [6.45, 7) is 3.14. The zero-order valence-corrected chi connectivity index (χ0v) is 16.2. The lowest BCUT2D eigenvalue weighted by Crippen LogP contribution is -2.35. The number of aryl methyl sites for hydroxylation is 2. The molecule has 0 radical (unpaired) electrons. The second kappa shape index (κ2) is 10.1. The van der Waals surface area contributed by atoms with E-state index in [1.807, 2.05) is 32.0 Å². The van der Waals surface area contributed by atoms with E-state index in [1.165, 1.54) is 0 Å². The molecule has 0 spiro atoms. The van der Waals surface area contributed by atoms with Crippen LogP contribution in [0.15, 0.2) is 42.5 Å². The van der Waals surface area contributed by atoms with Crippen molar-refractivity contribution in [2.24, 2.45) is 0 Å². The van der Waals surface area contributed by atoms with Crippen molar-refractivity contribution in [2.75, 3.05) is 25.6 Å². The molecule has 0 bridgehead atoms. The molecule has 0 aromatic heterocycles. The molecule has 0 heterocycles. The third kappa shape index (κ3) is 6.42. The molecule has 148 valence electrons. The van der Waals surface area contributed by atoms with Crippen molar-refractivity contribution in [1.29, 1.82) is 0 Å². The van der Waals surface area contributed by atoms with Gasteiger partial charge in [-0.3, -0.25) is 14.4 Å². The van der Waals surface area contributed by atoms with E-state index >= 15 is 0 Å². The van der Waals surface area contributed by atoms with E-state index in [0.717, 1.165) is 22.4 Å². The first-order chi connectivity index (χ1) is 13.4. The van der Waals surface area contributed by atoms with Crippen LogP contribution in [0.3, 0.4) is 0 Å². The molecule has 28 heavy (non-hydrogen) atoms. The number of ether oxygens (including phenoxy) is 2. The minimum absolute atomic E-state index is 0.0460. The molecule has 0 aliphatic rings. The van der Waals surface area contributed by atoms with Crippen LogP contribution in [0.1, 0.15) is 16.7 Å². The number of carbonyl (C=O) groups excluding carboxylic acids is 3. The largest absolute Gasteiger partial charge is 0.497 e. The van der Waals surface area contributed by atoms with E-state index < -0.39 is 18.5 Å². The Kier molecular flexibility index (Phi) is 7.56. The highest BCUT2D eigenvalue weighted by molar-refractivity contribution is 5.96. The van der Waals surface area contributed by atoms with Gasteiger partial charge in [0.25, 0.3) is 5.91 Å². The third-order valence-electron chi connectivity index (χ3n) is 4.06. The maximum absolute atomic E-state index is 12.0. The highest BCUT2D eigenvalue weighted by atomic mass is 16.5. The van der Waals surface area contributed by atoms with E-state index in [9.17, 15) is 14.4 Å². The number of benzene rings is 2. The van der Waals surface area contributed by atoms with E-state index in [4.69, 9.17) is 9.47 Å². The first kappa shape index (κ1) is 21.0. The van der Waals surface area contributed by atoms with Gasteiger partial charge in [-0.2, -0.15) is 0 Å². The Morgan fingerprint density at radius 3 is 2.18 bits per heavy atom. The quantitative estimate of drug-likeness (QED) is 0.680. The summed E-state index contributed by atoms with van der Waals surface area (Å²) < 4.78 is 9.99. The van der Waals surface area contributed by atoms with Crippen molar-refractivity contribution in [1.82, 2.24) is 5.32 Å². The molecule has 2 rings (SSSR count). The molecule has 0 unspecified atom stereocenters. The van der Waals surface area contributed by atoms with Gasteiger partial charge in [-0.05, 0) is 42.7 Å². The molecule has 7 nitrogen and oxygen atoms in total. The molecule has 0 atom stereocenters. The van der Waals surface area contributed by atoms with Crippen LogP contribution < -0.4 is 15.4 Å². The van der Waals surface area contributed by atoms with Crippen molar-refractivity contribution in [3.8, 4) is 5.75 Å². The van der Waals surface area contributed by atoms with Crippen LogP contribution in [-0.2, 0) is 25.5 Å². The number of amides is 2. The number of methoxy groups -OCH3 is 1. The van der Waals surface area contributed by atoms with Gasteiger partial charge in [0.15, 0.2) is 6.61 Å². The predicted octanol–water partition coefficient (Wildman–Crippen LogP) is 2.15. The molecule has 0 saturated heterocycles. The van der Waals surface area contributed by atoms with Crippen LogP contribution in [0.25, 0.3) is 0 Å². The average molecular weight is 384 g/mol. The van der Waals surface area contributed by atoms with Crippen LogP contribution in [0.4, 0.5) is 5.69 Å². The van der Waals surface area contributed by atoms with Crippen molar-refractivity contribution in [3.63, 3.8) is 0 Å². The number of nitrogens with one attached hydrogen (secondary N) is 2. The molecule has 2 aromatic rings. The Bertz CT molecular complexity index is 826. The predicted molar refractivity (Wildman–Crippen MR) is 105 cm³/mol. The average Bonchev–Trinajstić information content (AvgIpc) is 2.68. The topological polar surface area (TPSA) is 93.7 Å². The first-order valence-electron chi connectivity index (χ1n) is 8.80. The maximum atomic E-state index is 12.0. The smallest absolute Gasteiger partial charge is 0.310 e. The summed E-state index contributed by atoms with van der Waals surface area (Å²) >= 11 is 0. The molecule has 0 fully saturated rings. The number of carbonyl (C=O) groups is 3. The maximum Gasteiger partial charge on any atom is 0.310 e. The van der Waals surface area contributed by atoms with Gasteiger partial charge in [-0.25, -0.2) is 0 Å². The lowest BCUT2D eigenvalue weighted by atomic mass is 10.1. The number of hydrogen-bond donors (Lipinski definition) is 2. The van der Waals surface area contributed by atoms with Gasteiger partial charge in [-0.15, -0.1) is 0 Å². The normalized spacial score (nSPS) is 10.1. The van der Waals surface area contributed by atoms with Crippen LogP contribution in [0.5, 0.6) is 5.75 Å². The SMILES string of the molecule is COc1ccc(CC(=O)OCC(=O)NCC(=O)Nc2c(C)cccc2C)cc1. The summed E-state index contributed by atoms with van der Waals surface area (Å²) in [4.78, 5) is 35.6. The van der Waals surface area contributed by atoms with Crippen molar-refractivity contribution < 1.29 is 23.9 Å². The zero-order valence-electron chi connectivity index (χ0n) is 16.2. The molecule has 0 aliphatic heterocycles. The Balaban J connectivity index is 1.71. The van der Waals surface area contributed by atoms with Gasteiger partial charge in [0.1, 0.15) is 5.75 Å². The fraction of sp³-hybridized carbons (Fsp3) is 0.286. The second-order valence-electron chi connectivity index (χ2n) is 6.28. The van der Waals surface area contributed by atoms with Crippen molar-refractivity contribution in [2.45, 2.75) is 20.3 Å². The van der Waals surface area contributed by atoms with Crippen LogP contribution in [-0.4, -0.2) is 38.0 Å². The molecule has 2 aromatic carbocycles. The molecular weight excluding hydrogens is 360 g/mol. The lowest BCUT2D eigenvalue weighted by molar-refractivity contribution is -0.147. The van der Waals surface area contributed by atoms with E-state index in [1.54, 1.807) is 31.4 Å². The molecular formula is C21H24N2O5. The number of esters is 1. The standard InChI is InChI=1S/C21H24N2O5/c1-14-5-4-6-15(2)21(14)23-18(24)12-22-19(25)13-28-20(26)11-16-7-9-17(27-3)10-8-16/h4-10H,11-13H2,1-3H3,(H,22,25)(H,23,24).